The summed E-state index contributed by atoms with van der Waals surface area (Å²) in [4.78, 5) is 26.0. The van der Waals surface area contributed by atoms with Crippen molar-refractivity contribution in [3.63, 3.8) is 0 Å². The van der Waals surface area contributed by atoms with Crippen LogP contribution in [0, 0.1) is 5.41 Å². The Morgan fingerprint density at radius 1 is 1.31 bits per heavy atom. The predicted molar refractivity (Wildman–Crippen MR) is 95.0 cm³/mol. The van der Waals surface area contributed by atoms with E-state index < -0.39 is 11.4 Å². The van der Waals surface area contributed by atoms with Gasteiger partial charge in [-0.05, 0) is 30.5 Å². The first-order valence-corrected chi connectivity index (χ1v) is 8.63. The van der Waals surface area contributed by atoms with Crippen LogP contribution in [0.5, 0.6) is 0 Å². The first-order chi connectivity index (χ1) is 12.5. The fourth-order valence-corrected chi connectivity index (χ4v) is 3.43. The smallest absolute Gasteiger partial charge is 0.313 e. The van der Waals surface area contributed by atoms with Gasteiger partial charge >= 0.3 is 5.97 Å². The molecule has 1 unspecified atom stereocenters. The lowest BCUT2D eigenvalue weighted by atomic mass is 9.80. The van der Waals surface area contributed by atoms with Crippen molar-refractivity contribution < 1.29 is 19.4 Å². The number of aliphatic carboxylic acids is 1. The van der Waals surface area contributed by atoms with Gasteiger partial charge in [-0.3, -0.25) is 9.59 Å². The Kier molecular flexibility index (Phi) is 5.37. The summed E-state index contributed by atoms with van der Waals surface area (Å²) < 4.78 is 6.84. The number of aromatic nitrogens is 2. The number of piperidine rings is 1. The minimum absolute atomic E-state index is 0.0842. The van der Waals surface area contributed by atoms with Crippen molar-refractivity contribution in [2.75, 3.05) is 26.8 Å². The molecule has 1 fully saturated rings. The highest BCUT2D eigenvalue weighted by Crippen LogP contribution is 2.31. The third-order valence-corrected chi connectivity index (χ3v) is 4.82. The second-order valence-corrected chi connectivity index (χ2v) is 6.74. The summed E-state index contributed by atoms with van der Waals surface area (Å²) in [5.74, 6) is -0.993. The molecule has 0 spiro atoms. The monoisotopic (exact) mass is 357 g/mol. The molecular weight excluding hydrogens is 334 g/mol. The first-order valence-electron chi connectivity index (χ1n) is 8.63. The molecule has 1 aromatic heterocycles. The largest absolute Gasteiger partial charge is 0.481 e. The summed E-state index contributed by atoms with van der Waals surface area (Å²) in [7, 11) is 1.49. The number of carboxylic acids is 1. The Morgan fingerprint density at radius 3 is 2.77 bits per heavy atom. The summed E-state index contributed by atoms with van der Waals surface area (Å²) in [6.45, 7) is 0.865. The van der Waals surface area contributed by atoms with Gasteiger partial charge in [-0.1, -0.05) is 18.2 Å². The number of hydrogen-bond donors (Lipinski definition) is 1. The number of amides is 1. The average Bonchev–Trinajstić information content (AvgIpc) is 3.11. The molecule has 1 N–H and O–H groups in total. The minimum Gasteiger partial charge on any atom is -0.481 e. The molecule has 7 nitrogen and oxygen atoms in total. The number of hydrogen-bond acceptors (Lipinski definition) is 4. The molecule has 7 heteroatoms. The molecule has 0 radical (unpaired) electrons. The summed E-state index contributed by atoms with van der Waals surface area (Å²) in [6.07, 6.45) is 4.89. The van der Waals surface area contributed by atoms with Gasteiger partial charge in [0.1, 0.15) is 5.41 Å². The molecule has 0 saturated carbocycles. The molecule has 3 rings (SSSR count). The maximum atomic E-state index is 12.7. The Morgan fingerprint density at radius 2 is 2.08 bits per heavy atom. The number of carbonyl (C=O) groups excluding carboxylic acids is 1. The van der Waals surface area contributed by atoms with Crippen LogP contribution in [0.2, 0.25) is 0 Å². The third-order valence-electron chi connectivity index (χ3n) is 4.82. The number of rotatable bonds is 6. The number of para-hydroxylation sites is 1. The van der Waals surface area contributed by atoms with E-state index in [2.05, 4.69) is 5.10 Å². The van der Waals surface area contributed by atoms with Crippen molar-refractivity contribution >= 4 is 11.9 Å². The van der Waals surface area contributed by atoms with Crippen molar-refractivity contribution in [3.05, 3.63) is 48.3 Å². The number of nitrogens with zero attached hydrogens (tertiary/aromatic N) is 3. The fraction of sp³-hybridized carbons (Fsp3) is 0.421. The molecule has 26 heavy (non-hydrogen) atoms. The second kappa shape index (κ2) is 7.70. The SMILES string of the molecule is COCC1(C(=O)O)CCCN(C(=O)Cc2cnn(-c3ccccc3)c2)C1. The zero-order valence-corrected chi connectivity index (χ0v) is 14.8. The molecule has 1 aliphatic rings. The van der Waals surface area contributed by atoms with Crippen LogP contribution in [-0.2, 0) is 20.7 Å². The van der Waals surface area contributed by atoms with E-state index in [4.69, 9.17) is 4.74 Å². The van der Waals surface area contributed by atoms with Crippen LogP contribution in [0.25, 0.3) is 5.69 Å². The molecule has 1 aromatic carbocycles. The summed E-state index contributed by atoms with van der Waals surface area (Å²) in [5, 5.41) is 13.9. The van der Waals surface area contributed by atoms with E-state index in [9.17, 15) is 14.7 Å². The van der Waals surface area contributed by atoms with Crippen LogP contribution in [0.4, 0.5) is 0 Å². The van der Waals surface area contributed by atoms with Crippen LogP contribution in [0.15, 0.2) is 42.7 Å². The van der Waals surface area contributed by atoms with Gasteiger partial charge in [-0.2, -0.15) is 5.10 Å². The molecule has 1 saturated heterocycles. The molecule has 1 aliphatic heterocycles. The molecule has 1 amide bonds. The quantitative estimate of drug-likeness (QED) is 0.851. The number of likely N-dealkylation sites (tertiary alicyclic amines) is 1. The Hall–Kier alpha value is -2.67. The lowest BCUT2D eigenvalue weighted by Crippen LogP contribution is -2.52. The topological polar surface area (TPSA) is 84.7 Å². The standard InChI is InChI=1S/C19H23N3O4/c1-26-14-19(18(24)25)8-5-9-21(13-19)17(23)10-15-11-20-22(12-15)16-6-3-2-4-7-16/h2-4,6-7,11-12H,5,8-10,13-14H2,1H3,(H,24,25). The van der Waals surface area contributed by atoms with E-state index in [1.54, 1.807) is 15.8 Å². The van der Waals surface area contributed by atoms with E-state index in [0.717, 1.165) is 11.3 Å². The van der Waals surface area contributed by atoms with Gasteiger partial charge in [0.25, 0.3) is 0 Å². The average molecular weight is 357 g/mol. The van der Waals surface area contributed by atoms with Crippen molar-refractivity contribution in [2.45, 2.75) is 19.3 Å². The van der Waals surface area contributed by atoms with Gasteiger partial charge in [0.05, 0.1) is 24.9 Å². The highest BCUT2D eigenvalue weighted by molar-refractivity contribution is 5.81. The van der Waals surface area contributed by atoms with Crippen molar-refractivity contribution in [1.29, 1.82) is 0 Å². The number of carboxylic acid groups (broad SMARTS) is 1. The molecule has 138 valence electrons. The van der Waals surface area contributed by atoms with E-state index >= 15 is 0 Å². The lowest BCUT2D eigenvalue weighted by molar-refractivity contribution is -0.159. The normalized spacial score (nSPS) is 20.1. The first kappa shape index (κ1) is 18.1. The summed E-state index contributed by atoms with van der Waals surface area (Å²) in [5.41, 5.74) is 0.711. The highest BCUT2D eigenvalue weighted by Gasteiger charge is 2.43. The maximum Gasteiger partial charge on any atom is 0.313 e. The van der Waals surface area contributed by atoms with E-state index in [1.165, 1.54) is 7.11 Å². The van der Waals surface area contributed by atoms with Gasteiger partial charge in [0.2, 0.25) is 5.91 Å². The van der Waals surface area contributed by atoms with Gasteiger partial charge in [0, 0.05) is 26.4 Å². The second-order valence-electron chi connectivity index (χ2n) is 6.74. The summed E-state index contributed by atoms with van der Waals surface area (Å²) in [6, 6.07) is 9.67. The Bertz CT molecular complexity index is 770. The van der Waals surface area contributed by atoms with Crippen LogP contribution < -0.4 is 0 Å². The van der Waals surface area contributed by atoms with Crippen LogP contribution >= 0.6 is 0 Å². The maximum absolute atomic E-state index is 12.7. The number of ether oxygens (including phenoxy) is 1. The predicted octanol–water partition coefficient (Wildman–Crippen LogP) is 1.75. The fourth-order valence-electron chi connectivity index (χ4n) is 3.43. The highest BCUT2D eigenvalue weighted by atomic mass is 16.5. The van der Waals surface area contributed by atoms with Gasteiger partial charge in [-0.15, -0.1) is 0 Å². The molecule has 0 aliphatic carbocycles. The van der Waals surface area contributed by atoms with Gasteiger partial charge in [-0.25, -0.2) is 4.68 Å². The molecule has 2 heterocycles. The Labute approximate surface area is 152 Å². The lowest BCUT2D eigenvalue weighted by Gasteiger charge is -2.39. The number of carbonyl (C=O) groups is 2. The van der Waals surface area contributed by atoms with Crippen molar-refractivity contribution in [3.8, 4) is 5.69 Å². The van der Waals surface area contributed by atoms with Crippen LogP contribution in [-0.4, -0.2) is 58.5 Å². The third kappa shape index (κ3) is 3.77. The van der Waals surface area contributed by atoms with E-state index in [0.29, 0.717) is 19.4 Å². The summed E-state index contributed by atoms with van der Waals surface area (Å²) >= 11 is 0. The van der Waals surface area contributed by atoms with Crippen LogP contribution in [0.3, 0.4) is 0 Å². The van der Waals surface area contributed by atoms with Gasteiger partial charge in [0.15, 0.2) is 0 Å². The van der Waals surface area contributed by atoms with Crippen LogP contribution in [0.1, 0.15) is 18.4 Å². The van der Waals surface area contributed by atoms with E-state index in [1.807, 2.05) is 36.5 Å². The van der Waals surface area contributed by atoms with Crippen molar-refractivity contribution in [1.82, 2.24) is 14.7 Å². The zero-order chi connectivity index (χ0) is 18.6. The zero-order valence-electron chi connectivity index (χ0n) is 14.8. The number of benzene rings is 1. The molecule has 2 aromatic rings. The minimum atomic E-state index is -1.02. The van der Waals surface area contributed by atoms with Crippen molar-refractivity contribution in [2.24, 2.45) is 5.41 Å². The molecule has 1 atom stereocenters. The molecular formula is C19H23N3O4. The number of methoxy groups -OCH3 is 1. The Balaban J connectivity index is 1.68. The van der Waals surface area contributed by atoms with E-state index in [-0.39, 0.29) is 25.5 Å². The molecule has 0 bridgehead atoms. The van der Waals surface area contributed by atoms with Gasteiger partial charge < -0.3 is 14.7 Å².